The number of aromatic nitrogens is 1. The van der Waals surface area contributed by atoms with Gasteiger partial charge in [-0.1, -0.05) is 64.0 Å². The lowest BCUT2D eigenvalue weighted by atomic mass is 9.96. The van der Waals surface area contributed by atoms with Gasteiger partial charge in [0.1, 0.15) is 0 Å². The van der Waals surface area contributed by atoms with Crippen LogP contribution in [0.5, 0.6) is 0 Å². The van der Waals surface area contributed by atoms with E-state index in [-0.39, 0.29) is 0 Å². The summed E-state index contributed by atoms with van der Waals surface area (Å²) in [5, 5.41) is 0. The average Bonchev–Trinajstić information content (AvgIpc) is 2.64. The van der Waals surface area contributed by atoms with Gasteiger partial charge < -0.3 is 0 Å². The molecule has 0 amide bonds. The van der Waals surface area contributed by atoms with E-state index in [1.54, 1.807) is 24.4 Å². The number of hydrogen-bond donors (Lipinski definition) is 0. The van der Waals surface area contributed by atoms with E-state index < -0.39 is 11.7 Å². The van der Waals surface area contributed by atoms with Crippen molar-refractivity contribution in [1.82, 2.24) is 4.98 Å². The molecule has 26 heavy (non-hydrogen) atoms. The Labute approximate surface area is 154 Å². The third kappa shape index (κ3) is 6.47. The molecule has 0 aliphatic rings. The largest absolute Gasteiger partial charge is 0.416 e. The molecular formula is C22H28F3N. The molecule has 0 fully saturated rings. The molecule has 4 heteroatoms. The molecule has 0 aliphatic heterocycles. The lowest BCUT2D eigenvalue weighted by Gasteiger charge is -2.13. The normalized spacial score (nSPS) is 11.7. The number of hydrogen-bond acceptors (Lipinski definition) is 1. The molecule has 142 valence electrons. The number of alkyl halides is 3. The van der Waals surface area contributed by atoms with Gasteiger partial charge >= 0.3 is 6.18 Å². The molecule has 0 aliphatic carbocycles. The highest BCUT2D eigenvalue weighted by Gasteiger charge is 2.31. The topological polar surface area (TPSA) is 12.9 Å². The fourth-order valence-corrected chi connectivity index (χ4v) is 3.18. The van der Waals surface area contributed by atoms with Gasteiger partial charge in [-0.05, 0) is 42.7 Å². The molecule has 0 N–H and O–H groups in total. The van der Waals surface area contributed by atoms with Gasteiger partial charge in [0, 0.05) is 11.8 Å². The fourth-order valence-electron chi connectivity index (χ4n) is 3.18. The first kappa shape index (κ1) is 20.5. The first-order chi connectivity index (χ1) is 12.5. The van der Waals surface area contributed by atoms with Gasteiger partial charge in [0.05, 0.1) is 11.3 Å². The van der Waals surface area contributed by atoms with Crippen LogP contribution < -0.4 is 0 Å². The van der Waals surface area contributed by atoms with Crippen molar-refractivity contribution in [1.29, 1.82) is 0 Å². The van der Waals surface area contributed by atoms with Crippen LogP contribution in [0.1, 0.15) is 69.4 Å². The Morgan fingerprint density at radius 1 is 0.846 bits per heavy atom. The Hall–Kier alpha value is -1.84. The van der Waals surface area contributed by atoms with Crippen molar-refractivity contribution in [3.8, 4) is 11.3 Å². The zero-order valence-electron chi connectivity index (χ0n) is 15.5. The highest BCUT2D eigenvalue weighted by molar-refractivity contribution is 5.64. The van der Waals surface area contributed by atoms with Crippen LogP contribution in [0, 0.1) is 0 Å². The SMILES string of the molecule is CCCCCCCCCCc1ccc(C(F)(F)F)cc1-c1ccccn1. The van der Waals surface area contributed by atoms with Crippen LogP contribution in [0.3, 0.4) is 0 Å². The number of unbranched alkanes of at least 4 members (excludes halogenated alkanes) is 7. The Morgan fingerprint density at radius 3 is 2.15 bits per heavy atom. The molecule has 0 saturated heterocycles. The average molecular weight is 363 g/mol. The van der Waals surface area contributed by atoms with E-state index in [1.165, 1.54) is 50.7 Å². The smallest absolute Gasteiger partial charge is 0.256 e. The van der Waals surface area contributed by atoms with Crippen molar-refractivity contribution in [2.24, 2.45) is 0 Å². The highest BCUT2D eigenvalue weighted by atomic mass is 19.4. The minimum Gasteiger partial charge on any atom is -0.256 e. The number of rotatable bonds is 10. The number of pyridine rings is 1. The van der Waals surface area contributed by atoms with Crippen LogP contribution in [0.4, 0.5) is 13.2 Å². The molecule has 0 unspecified atom stereocenters. The van der Waals surface area contributed by atoms with Gasteiger partial charge in [0.2, 0.25) is 0 Å². The van der Waals surface area contributed by atoms with Crippen LogP contribution in [0.15, 0.2) is 42.6 Å². The summed E-state index contributed by atoms with van der Waals surface area (Å²) in [6.45, 7) is 2.21. The maximum atomic E-state index is 13.1. The number of nitrogens with zero attached hydrogens (tertiary/aromatic N) is 1. The minimum atomic E-state index is -4.33. The van der Waals surface area contributed by atoms with E-state index in [1.807, 2.05) is 6.07 Å². The van der Waals surface area contributed by atoms with Crippen LogP contribution >= 0.6 is 0 Å². The van der Waals surface area contributed by atoms with Crippen molar-refractivity contribution < 1.29 is 13.2 Å². The molecule has 1 aromatic carbocycles. The number of benzene rings is 1. The fraction of sp³-hybridized carbons (Fsp3) is 0.500. The Balaban J connectivity index is 1.99. The van der Waals surface area contributed by atoms with Crippen LogP contribution in [0.2, 0.25) is 0 Å². The summed E-state index contributed by atoms with van der Waals surface area (Å²) in [6, 6.07) is 9.40. The number of aryl methyl sites for hydroxylation is 1. The van der Waals surface area contributed by atoms with Crippen molar-refractivity contribution >= 4 is 0 Å². The summed E-state index contributed by atoms with van der Waals surface area (Å²) < 4.78 is 39.2. The molecule has 2 aromatic rings. The Bertz CT molecular complexity index is 650. The summed E-state index contributed by atoms with van der Waals surface area (Å²) in [5.74, 6) is 0. The second kappa shape index (κ2) is 10.3. The third-order valence-corrected chi connectivity index (χ3v) is 4.68. The van der Waals surface area contributed by atoms with Crippen molar-refractivity contribution in [2.75, 3.05) is 0 Å². The monoisotopic (exact) mass is 363 g/mol. The van der Waals surface area contributed by atoms with Gasteiger partial charge in [-0.25, -0.2) is 0 Å². The van der Waals surface area contributed by atoms with Crippen molar-refractivity contribution in [3.05, 3.63) is 53.7 Å². The van der Waals surface area contributed by atoms with E-state index in [0.29, 0.717) is 11.3 Å². The van der Waals surface area contributed by atoms with Crippen LogP contribution in [-0.4, -0.2) is 4.98 Å². The summed E-state index contributed by atoms with van der Waals surface area (Å²) in [4.78, 5) is 4.25. The molecule has 0 saturated carbocycles. The van der Waals surface area contributed by atoms with Crippen molar-refractivity contribution in [3.63, 3.8) is 0 Å². The maximum absolute atomic E-state index is 13.1. The third-order valence-electron chi connectivity index (χ3n) is 4.68. The Morgan fingerprint density at radius 2 is 1.54 bits per heavy atom. The standard InChI is InChI=1S/C22H28F3N/c1-2-3-4-5-6-7-8-9-12-18-14-15-19(22(23,24)25)17-20(18)21-13-10-11-16-26-21/h10-11,13-17H,2-9,12H2,1H3. The molecule has 0 radical (unpaired) electrons. The van der Waals surface area contributed by atoms with Gasteiger partial charge in [0.15, 0.2) is 0 Å². The van der Waals surface area contributed by atoms with Gasteiger partial charge in [-0.2, -0.15) is 13.2 Å². The molecule has 0 spiro atoms. The predicted octanol–water partition coefficient (Wildman–Crippen LogP) is 7.45. The second-order valence-electron chi connectivity index (χ2n) is 6.81. The van der Waals surface area contributed by atoms with Gasteiger partial charge in [0.25, 0.3) is 0 Å². The molecule has 0 bridgehead atoms. The van der Waals surface area contributed by atoms with E-state index in [9.17, 15) is 13.2 Å². The molecule has 1 aromatic heterocycles. The zero-order valence-corrected chi connectivity index (χ0v) is 15.5. The molecule has 2 rings (SSSR count). The van der Waals surface area contributed by atoms with E-state index in [4.69, 9.17) is 0 Å². The first-order valence-corrected chi connectivity index (χ1v) is 9.64. The zero-order chi connectivity index (χ0) is 18.8. The molecular weight excluding hydrogens is 335 g/mol. The molecule has 1 heterocycles. The van der Waals surface area contributed by atoms with Crippen LogP contribution in [-0.2, 0) is 12.6 Å². The Kier molecular flexibility index (Phi) is 8.14. The number of halogens is 3. The maximum Gasteiger partial charge on any atom is 0.416 e. The summed E-state index contributed by atoms with van der Waals surface area (Å²) in [7, 11) is 0. The quantitative estimate of drug-likeness (QED) is 0.399. The van der Waals surface area contributed by atoms with E-state index in [2.05, 4.69) is 11.9 Å². The lowest BCUT2D eigenvalue weighted by Crippen LogP contribution is -2.06. The van der Waals surface area contributed by atoms with Crippen LogP contribution in [0.25, 0.3) is 11.3 Å². The van der Waals surface area contributed by atoms with E-state index >= 15 is 0 Å². The predicted molar refractivity (Wildman–Crippen MR) is 101 cm³/mol. The summed E-state index contributed by atoms with van der Waals surface area (Å²) in [6.07, 6.45) is 7.79. The summed E-state index contributed by atoms with van der Waals surface area (Å²) >= 11 is 0. The van der Waals surface area contributed by atoms with E-state index in [0.717, 1.165) is 24.8 Å². The molecule has 0 atom stereocenters. The lowest BCUT2D eigenvalue weighted by molar-refractivity contribution is -0.137. The second-order valence-corrected chi connectivity index (χ2v) is 6.81. The van der Waals surface area contributed by atoms with Gasteiger partial charge in [-0.3, -0.25) is 4.98 Å². The molecule has 1 nitrogen and oxygen atoms in total. The highest BCUT2D eigenvalue weighted by Crippen LogP contribution is 2.34. The van der Waals surface area contributed by atoms with Crippen molar-refractivity contribution in [2.45, 2.75) is 70.9 Å². The summed E-state index contributed by atoms with van der Waals surface area (Å²) in [5.41, 5.74) is 1.54. The van der Waals surface area contributed by atoms with Gasteiger partial charge in [-0.15, -0.1) is 0 Å². The first-order valence-electron chi connectivity index (χ1n) is 9.64. The minimum absolute atomic E-state index is 0.600.